The number of nitrogens with one attached hydrogen (secondary N) is 1. The Morgan fingerprint density at radius 2 is 1.68 bits per heavy atom. The average molecular weight is 627 g/mol. The van der Waals surface area contributed by atoms with Crippen molar-refractivity contribution in [1.82, 2.24) is 15.3 Å². The van der Waals surface area contributed by atoms with Gasteiger partial charge < -0.3 is 39.5 Å². The monoisotopic (exact) mass is 627 g/mol. The van der Waals surface area contributed by atoms with E-state index >= 15 is 0 Å². The lowest BCUT2D eigenvalue weighted by Crippen LogP contribution is -2.27. The van der Waals surface area contributed by atoms with Crippen LogP contribution < -0.4 is 20.5 Å². The molecule has 0 aliphatic heterocycles. The minimum absolute atomic E-state index is 0.0408. The third kappa shape index (κ3) is 10.5. The number of nitrogens with two attached hydrogens (primary N) is 1. The highest BCUT2D eigenvalue weighted by molar-refractivity contribution is 14.1. The van der Waals surface area contributed by atoms with Crippen LogP contribution in [0.15, 0.2) is 65.9 Å². The molecule has 0 bridgehead atoms. The minimum Gasteiger partial charge on any atom is -0.493 e. The van der Waals surface area contributed by atoms with Crippen LogP contribution in [0.3, 0.4) is 0 Å². The Labute approximate surface area is 229 Å². The Morgan fingerprint density at radius 1 is 1.03 bits per heavy atom. The van der Waals surface area contributed by atoms with E-state index in [4.69, 9.17) is 34.2 Å². The Bertz CT molecular complexity index is 1070. The number of methoxy groups -OCH3 is 1. The van der Waals surface area contributed by atoms with Crippen molar-refractivity contribution in [2.75, 3.05) is 51.6 Å². The molecule has 12 nitrogen and oxygen atoms in total. The normalized spacial score (nSPS) is 11.7. The van der Waals surface area contributed by atoms with Crippen molar-refractivity contribution < 1.29 is 33.2 Å². The summed E-state index contributed by atoms with van der Waals surface area (Å²) in [4.78, 5) is 24.5. The highest BCUT2D eigenvalue weighted by Gasteiger charge is 2.20. The summed E-state index contributed by atoms with van der Waals surface area (Å²) in [6.45, 7) is 4.62. The predicted molar refractivity (Wildman–Crippen MR) is 145 cm³/mol. The van der Waals surface area contributed by atoms with Gasteiger partial charge in [-0.05, 0) is 18.2 Å². The topological polar surface area (TPSA) is 149 Å². The van der Waals surface area contributed by atoms with Gasteiger partial charge in [-0.15, -0.1) is 0 Å². The SMILES string of the molecule is C=C(/N=C(OCCOC(=O)OCCOCCI)\C(Oc1ccccc1OC)=C(/N)NC)c1ncccn1. The van der Waals surface area contributed by atoms with Gasteiger partial charge in [-0.1, -0.05) is 41.3 Å². The van der Waals surface area contributed by atoms with Crippen LogP contribution in [0.1, 0.15) is 5.82 Å². The zero-order valence-corrected chi connectivity index (χ0v) is 22.8. The summed E-state index contributed by atoms with van der Waals surface area (Å²) in [6.07, 6.45) is 2.26. The van der Waals surface area contributed by atoms with Gasteiger partial charge in [0, 0.05) is 23.9 Å². The number of nitrogens with zero attached hydrogens (tertiary/aromatic N) is 3. The van der Waals surface area contributed by atoms with Crippen molar-refractivity contribution in [1.29, 1.82) is 0 Å². The molecule has 0 aliphatic rings. The van der Waals surface area contributed by atoms with Gasteiger partial charge in [0.25, 0.3) is 5.90 Å². The van der Waals surface area contributed by atoms with E-state index in [0.717, 1.165) is 4.43 Å². The maximum absolute atomic E-state index is 11.8. The maximum Gasteiger partial charge on any atom is 0.508 e. The molecule has 0 aliphatic carbocycles. The highest BCUT2D eigenvalue weighted by atomic mass is 127. The van der Waals surface area contributed by atoms with Gasteiger partial charge in [-0.3, -0.25) is 0 Å². The van der Waals surface area contributed by atoms with Crippen molar-refractivity contribution in [2.45, 2.75) is 0 Å². The van der Waals surface area contributed by atoms with E-state index in [1.54, 1.807) is 49.8 Å². The molecule has 0 fully saturated rings. The van der Waals surface area contributed by atoms with E-state index in [2.05, 4.69) is 49.4 Å². The Kier molecular flexibility index (Phi) is 13.6. The summed E-state index contributed by atoms with van der Waals surface area (Å²) in [7, 11) is 3.12. The van der Waals surface area contributed by atoms with Crippen LogP contribution in [-0.4, -0.2) is 73.6 Å². The van der Waals surface area contributed by atoms with Crippen LogP contribution in [0.25, 0.3) is 5.70 Å². The molecule has 1 aromatic carbocycles. The molecule has 0 spiro atoms. The number of hydrogen-bond acceptors (Lipinski definition) is 12. The van der Waals surface area contributed by atoms with E-state index < -0.39 is 6.16 Å². The molecule has 0 atom stereocenters. The molecule has 0 saturated carbocycles. The minimum atomic E-state index is -0.849. The van der Waals surface area contributed by atoms with Crippen LogP contribution in [0.4, 0.5) is 4.79 Å². The molecule has 200 valence electrons. The number of ether oxygens (including phenoxy) is 6. The van der Waals surface area contributed by atoms with Gasteiger partial charge in [0.05, 0.1) is 20.3 Å². The lowest BCUT2D eigenvalue weighted by Gasteiger charge is -2.17. The lowest BCUT2D eigenvalue weighted by atomic mass is 10.3. The highest BCUT2D eigenvalue weighted by Crippen LogP contribution is 2.28. The fourth-order valence-corrected chi connectivity index (χ4v) is 2.87. The number of alkyl halides is 1. The summed E-state index contributed by atoms with van der Waals surface area (Å²) in [6, 6.07) is 8.65. The van der Waals surface area contributed by atoms with Crippen molar-refractivity contribution in [3.05, 3.63) is 66.7 Å². The van der Waals surface area contributed by atoms with E-state index in [9.17, 15) is 4.79 Å². The molecule has 2 rings (SSSR count). The van der Waals surface area contributed by atoms with E-state index in [0.29, 0.717) is 18.1 Å². The third-order valence-electron chi connectivity index (χ3n) is 4.26. The molecule has 0 radical (unpaired) electrons. The maximum atomic E-state index is 11.8. The average Bonchev–Trinajstić information content (AvgIpc) is 2.93. The van der Waals surface area contributed by atoms with E-state index in [-0.39, 0.29) is 55.4 Å². The third-order valence-corrected chi connectivity index (χ3v) is 4.70. The number of carbonyl (C=O) groups excluding carboxylic acids is 1. The number of rotatable bonds is 15. The molecule has 37 heavy (non-hydrogen) atoms. The zero-order valence-electron chi connectivity index (χ0n) is 20.6. The molecule has 2 aromatic rings. The zero-order chi connectivity index (χ0) is 26.9. The molecular weight excluding hydrogens is 597 g/mol. The van der Waals surface area contributed by atoms with Crippen LogP contribution in [-0.2, 0) is 18.9 Å². The van der Waals surface area contributed by atoms with Crippen molar-refractivity contribution >= 4 is 40.3 Å². The molecule has 13 heteroatoms. The first-order valence-corrected chi connectivity index (χ1v) is 12.6. The number of hydrogen-bond donors (Lipinski definition) is 2. The van der Waals surface area contributed by atoms with Gasteiger partial charge in [-0.2, -0.15) is 0 Å². The first-order valence-electron chi connectivity index (χ1n) is 11.1. The summed E-state index contributed by atoms with van der Waals surface area (Å²) in [5.41, 5.74) is 6.36. The quantitative estimate of drug-likeness (QED) is 0.0571. The molecule has 0 unspecified atom stereocenters. The first-order chi connectivity index (χ1) is 18.0. The standard InChI is InChI=1S/C24H30IN5O7/c1-17(22-28-10-6-11-29-22)30-23(34-15-16-36-24(31)35-14-13-33-12-9-25)20(21(26)27-2)37-19-8-5-4-7-18(19)32-3/h4-8,10-11,27H,1,9,12-16,26H2,2-3H3/b21-20-,30-23+. The second-order valence-corrected chi connectivity index (χ2v) is 7.86. The number of aliphatic imine (C=N–C) groups is 1. The number of aromatic nitrogens is 2. The summed E-state index contributed by atoms with van der Waals surface area (Å²) < 4.78 is 33.3. The Morgan fingerprint density at radius 3 is 2.32 bits per heavy atom. The largest absolute Gasteiger partial charge is 0.508 e. The molecule has 1 aromatic heterocycles. The predicted octanol–water partition coefficient (Wildman–Crippen LogP) is 2.90. The second kappa shape index (κ2) is 17.0. The smallest absolute Gasteiger partial charge is 0.493 e. The Balaban J connectivity index is 2.17. The fraction of sp³-hybridized carbons (Fsp3) is 0.333. The molecule has 1 heterocycles. The van der Waals surface area contributed by atoms with Gasteiger partial charge in [0.2, 0.25) is 5.76 Å². The van der Waals surface area contributed by atoms with Crippen LogP contribution in [0.5, 0.6) is 11.5 Å². The van der Waals surface area contributed by atoms with Gasteiger partial charge in [0.1, 0.15) is 31.3 Å². The Hall–Kier alpha value is -3.59. The molecular formula is C24H30IN5O7. The van der Waals surface area contributed by atoms with Crippen molar-refractivity contribution in [2.24, 2.45) is 10.7 Å². The molecule has 0 saturated heterocycles. The number of carbonyl (C=O) groups is 1. The number of halogens is 1. The van der Waals surface area contributed by atoms with Gasteiger partial charge >= 0.3 is 6.16 Å². The lowest BCUT2D eigenvalue weighted by molar-refractivity contribution is 0.0236. The molecule has 0 amide bonds. The van der Waals surface area contributed by atoms with Gasteiger partial charge in [-0.25, -0.2) is 19.8 Å². The fourth-order valence-electron chi connectivity index (χ4n) is 2.56. The molecule has 3 N–H and O–H groups in total. The van der Waals surface area contributed by atoms with Crippen molar-refractivity contribution in [3.63, 3.8) is 0 Å². The van der Waals surface area contributed by atoms with Gasteiger partial charge in [0.15, 0.2) is 17.3 Å². The first kappa shape index (κ1) is 29.6. The summed E-state index contributed by atoms with van der Waals surface area (Å²) >= 11 is 2.19. The van der Waals surface area contributed by atoms with E-state index in [1.807, 2.05) is 0 Å². The number of benzene rings is 1. The summed E-state index contributed by atoms with van der Waals surface area (Å²) in [5, 5.41) is 2.81. The number of para-hydroxylation sites is 2. The van der Waals surface area contributed by atoms with E-state index in [1.165, 1.54) is 7.11 Å². The second-order valence-electron chi connectivity index (χ2n) is 6.78. The summed E-state index contributed by atoms with van der Waals surface area (Å²) in [5.74, 6) is 1.19. The van der Waals surface area contributed by atoms with Crippen molar-refractivity contribution in [3.8, 4) is 11.5 Å². The van der Waals surface area contributed by atoms with Crippen LogP contribution >= 0.6 is 22.6 Å². The van der Waals surface area contributed by atoms with Crippen LogP contribution in [0, 0.1) is 0 Å². The van der Waals surface area contributed by atoms with Crippen LogP contribution in [0.2, 0.25) is 0 Å².